The smallest absolute Gasteiger partial charge is 0.193 e. The molecule has 2 rings (SSSR count). The van der Waals surface area contributed by atoms with Crippen molar-refractivity contribution in [2.24, 2.45) is 4.99 Å². The number of rotatable bonds is 5. The second-order valence-electron chi connectivity index (χ2n) is 5.81. The molecule has 0 unspecified atom stereocenters. The lowest BCUT2D eigenvalue weighted by Crippen LogP contribution is -2.39. The zero-order valence-electron chi connectivity index (χ0n) is 14.7. The Kier molecular flexibility index (Phi) is 5.79. The van der Waals surface area contributed by atoms with Crippen LogP contribution in [0, 0.1) is 20.8 Å². The van der Waals surface area contributed by atoms with Crippen LogP contribution in [0.4, 0.5) is 0 Å². The maximum Gasteiger partial charge on any atom is 0.193 e. The Hall–Kier alpha value is -2.30. The molecule has 0 aliphatic heterocycles. The number of aryl methyl sites for hydroxylation is 3. The van der Waals surface area contributed by atoms with Crippen LogP contribution in [0.1, 0.15) is 28.1 Å². The van der Waals surface area contributed by atoms with E-state index >= 15 is 0 Å². The van der Waals surface area contributed by atoms with Gasteiger partial charge in [-0.15, -0.1) is 0 Å². The molecule has 0 atom stereocenters. The van der Waals surface area contributed by atoms with E-state index < -0.39 is 0 Å². The van der Waals surface area contributed by atoms with Crippen molar-refractivity contribution in [2.75, 3.05) is 20.6 Å². The van der Waals surface area contributed by atoms with E-state index in [1.54, 1.807) is 0 Å². The van der Waals surface area contributed by atoms with Crippen LogP contribution in [-0.4, -0.2) is 36.7 Å². The first-order chi connectivity index (χ1) is 11.0. The minimum absolute atomic E-state index is 0.799. The maximum atomic E-state index is 5.20. The lowest BCUT2D eigenvalue weighted by Gasteiger charge is -2.23. The first kappa shape index (κ1) is 17.1. The molecule has 5 heteroatoms. The zero-order chi connectivity index (χ0) is 16.8. The summed E-state index contributed by atoms with van der Waals surface area (Å²) in [5.41, 5.74) is 4.75. The van der Waals surface area contributed by atoms with Gasteiger partial charge in [0, 0.05) is 32.7 Å². The standard InChI is InChI=1S/C18H26N4O/c1-13-8-6-7-9-16(13)12-22(5)18(19-4)20-11-10-17-14(2)21-23-15(17)3/h6-9H,10-12H2,1-5H3,(H,19,20). The third-order valence-electron chi connectivity index (χ3n) is 4.08. The summed E-state index contributed by atoms with van der Waals surface area (Å²) in [7, 11) is 3.87. The van der Waals surface area contributed by atoms with Crippen LogP contribution < -0.4 is 5.32 Å². The fraction of sp³-hybridized carbons (Fsp3) is 0.444. The second-order valence-corrected chi connectivity index (χ2v) is 5.81. The van der Waals surface area contributed by atoms with E-state index in [1.807, 2.05) is 20.9 Å². The molecule has 124 valence electrons. The highest BCUT2D eigenvalue weighted by atomic mass is 16.5. The number of hydrogen-bond donors (Lipinski definition) is 1. The SMILES string of the molecule is CN=C(NCCc1c(C)noc1C)N(C)Cc1ccccc1C. The van der Waals surface area contributed by atoms with E-state index in [4.69, 9.17) is 4.52 Å². The van der Waals surface area contributed by atoms with Crippen molar-refractivity contribution in [3.63, 3.8) is 0 Å². The van der Waals surface area contributed by atoms with E-state index in [0.717, 1.165) is 36.9 Å². The summed E-state index contributed by atoms with van der Waals surface area (Å²) in [4.78, 5) is 6.50. The minimum Gasteiger partial charge on any atom is -0.361 e. The van der Waals surface area contributed by atoms with Gasteiger partial charge in [0.2, 0.25) is 0 Å². The molecule has 0 amide bonds. The topological polar surface area (TPSA) is 53.7 Å². The van der Waals surface area contributed by atoms with Gasteiger partial charge in [0.1, 0.15) is 5.76 Å². The number of guanidine groups is 1. The Labute approximate surface area is 138 Å². The summed E-state index contributed by atoms with van der Waals surface area (Å²) in [5, 5.41) is 7.40. The van der Waals surface area contributed by atoms with E-state index in [0.29, 0.717) is 0 Å². The number of benzene rings is 1. The summed E-state index contributed by atoms with van der Waals surface area (Å²) in [5.74, 6) is 1.78. The molecule has 23 heavy (non-hydrogen) atoms. The largest absolute Gasteiger partial charge is 0.361 e. The fourth-order valence-corrected chi connectivity index (χ4v) is 2.66. The summed E-state index contributed by atoms with van der Waals surface area (Å²) < 4.78 is 5.20. The zero-order valence-corrected chi connectivity index (χ0v) is 14.7. The quantitative estimate of drug-likeness (QED) is 0.681. The van der Waals surface area contributed by atoms with Crippen LogP contribution in [-0.2, 0) is 13.0 Å². The summed E-state index contributed by atoms with van der Waals surface area (Å²) in [6.45, 7) is 7.70. The van der Waals surface area contributed by atoms with Gasteiger partial charge in [0.15, 0.2) is 5.96 Å². The summed E-state index contributed by atoms with van der Waals surface area (Å²) >= 11 is 0. The van der Waals surface area contributed by atoms with Gasteiger partial charge in [0.25, 0.3) is 0 Å². The molecule has 0 aliphatic carbocycles. The lowest BCUT2D eigenvalue weighted by atomic mass is 10.1. The molecular weight excluding hydrogens is 288 g/mol. The molecule has 2 aromatic rings. The molecule has 0 radical (unpaired) electrons. The number of nitrogens with zero attached hydrogens (tertiary/aromatic N) is 3. The van der Waals surface area contributed by atoms with E-state index in [-0.39, 0.29) is 0 Å². The fourth-order valence-electron chi connectivity index (χ4n) is 2.66. The molecule has 0 fully saturated rings. The van der Waals surface area contributed by atoms with Crippen molar-refractivity contribution in [2.45, 2.75) is 33.7 Å². The molecule has 0 bridgehead atoms. The highest BCUT2D eigenvalue weighted by Gasteiger charge is 2.11. The molecule has 1 heterocycles. The van der Waals surface area contributed by atoms with Gasteiger partial charge in [-0.05, 0) is 38.3 Å². The van der Waals surface area contributed by atoms with Gasteiger partial charge in [-0.3, -0.25) is 4.99 Å². The molecule has 0 saturated heterocycles. The first-order valence-corrected chi connectivity index (χ1v) is 7.91. The van der Waals surface area contributed by atoms with Crippen molar-refractivity contribution in [3.8, 4) is 0 Å². The summed E-state index contributed by atoms with van der Waals surface area (Å²) in [6.07, 6.45) is 0.873. The Morgan fingerprint density at radius 1 is 1.26 bits per heavy atom. The lowest BCUT2D eigenvalue weighted by molar-refractivity contribution is 0.392. The van der Waals surface area contributed by atoms with Crippen molar-refractivity contribution in [1.29, 1.82) is 0 Å². The Morgan fingerprint density at radius 2 is 2.00 bits per heavy atom. The Balaban J connectivity index is 1.91. The monoisotopic (exact) mass is 314 g/mol. The minimum atomic E-state index is 0.799. The van der Waals surface area contributed by atoms with Crippen molar-refractivity contribution in [1.82, 2.24) is 15.4 Å². The van der Waals surface area contributed by atoms with Gasteiger partial charge < -0.3 is 14.7 Å². The van der Waals surface area contributed by atoms with Gasteiger partial charge in [0.05, 0.1) is 5.69 Å². The second kappa shape index (κ2) is 7.81. The van der Waals surface area contributed by atoms with Crippen molar-refractivity contribution < 1.29 is 4.52 Å². The van der Waals surface area contributed by atoms with E-state index in [2.05, 4.69) is 58.6 Å². The first-order valence-electron chi connectivity index (χ1n) is 7.91. The Morgan fingerprint density at radius 3 is 2.61 bits per heavy atom. The molecule has 5 nitrogen and oxygen atoms in total. The van der Waals surface area contributed by atoms with Gasteiger partial charge in [-0.2, -0.15) is 0 Å². The van der Waals surface area contributed by atoms with E-state index in [1.165, 1.54) is 16.7 Å². The average molecular weight is 314 g/mol. The number of aliphatic imine (C=N–C) groups is 1. The maximum absolute atomic E-state index is 5.20. The molecule has 0 aliphatic rings. The van der Waals surface area contributed by atoms with Crippen LogP contribution in [0.15, 0.2) is 33.8 Å². The van der Waals surface area contributed by atoms with Gasteiger partial charge >= 0.3 is 0 Å². The summed E-state index contributed by atoms with van der Waals surface area (Å²) in [6, 6.07) is 8.43. The van der Waals surface area contributed by atoms with Crippen LogP contribution in [0.2, 0.25) is 0 Å². The third-order valence-corrected chi connectivity index (χ3v) is 4.08. The highest BCUT2D eigenvalue weighted by Crippen LogP contribution is 2.12. The van der Waals surface area contributed by atoms with E-state index in [9.17, 15) is 0 Å². The predicted octanol–water partition coefficient (Wildman–Crippen LogP) is 2.85. The number of nitrogens with one attached hydrogen (secondary N) is 1. The molecule has 1 N–H and O–H groups in total. The van der Waals surface area contributed by atoms with Crippen molar-refractivity contribution >= 4 is 5.96 Å². The van der Waals surface area contributed by atoms with Crippen LogP contribution in [0.25, 0.3) is 0 Å². The molecule has 1 aromatic heterocycles. The molecular formula is C18H26N4O. The van der Waals surface area contributed by atoms with Crippen molar-refractivity contribution in [3.05, 3.63) is 52.4 Å². The highest BCUT2D eigenvalue weighted by molar-refractivity contribution is 5.79. The Bertz CT molecular complexity index is 656. The normalized spacial score (nSPS) is 11.6. The predicted molar refractivity (Wildman–Crippen MR) is 93.7 cm³/mol. The molecule has 0 spiro atoms. The average Bonchev–Trinajstić information content (AvgIpc) is 2.85. The van der Waals surface area contributed by atoms with Crippen LogP contribution in [0.5, 0.6) is 0 Å². The third kappa shape index (κ3) is 4.34. The number of aromatic nitrogens is 1. The number of hydrogen-bond acceptors (Lipinski definition) is 3. The molecule has 1 aromatic carbocycles. The van der Waals surface area contributed by atoms with Gasteiger partial charge in [-0.25, -0.2) is 0 Å². The van der Waals surface area contributed by atoms with Crippen LogP contribution >= 0.6 is 0 Å². The van der Waals surface area contributed by atoms with Gasteiger partial charge in [-0.1, -0.05) is 29.4 Å². The van der Waals surface area contributed by atoms with Crippen LogP contribution in [0.3, 0.4) is 0 Å². The molecule has 0 saturated carbocycles.